The summed E-state index contributed by atoms with van der Waals surface area (Å²) in [6, 6.07) is 8.07. The molecule has 1 amide bonds. The van der Waals surface area contributed by atoms with Crippen molar-refractivity contribution in [3.8, 4) is 5.75 Å². The van der Waals surface area contributed by atoms with Gasteiger partial charge in [0.05, 0.1) is 6.61 Å². The first-order valence-electron chi connectivity index (χ1n) is 9.52. The van der Waals surface area contributed by atoms with Crippen LogP contribution in [0.3, 0.4) is 0 Å². The van der Waals surface area contributed by atoms with Gasteiger partial charge in [0.25, 0.3) is 5.91 Å². The molecule has 1 aliphatic heterocycles. The zero-order valence-corrected chi connectivity index (χ0v) is 16.0. The maximum Gasteiger partial charge on any atom is 0.303 e. The number of ether oxygens (including phenoxy) is 2. The third-order valence-corrected chi connectivity index (χ3v) is 4.59. The van der Waals surface area contributed by atoms with E-state index in [1.165, 1.54) is 12.5 Å². The van der Waals surface area contributed by atoms with Crippen LogP contribution in [0.4, 0.5) is 0 Å². The van der Waals surface area contributed by atoms with Gasteiger partial charge in [0.1, 0.15) is 5.75 Å². The summed E-state index contributed by atoms with van der Waals surface area (Å²) in [7, 11) is 0. The Balaban J connectivity index is 1.64. The second-order valence-electron chi connectivity index (χ2n) is 6.88. The molecule has 0 aromatic heterocycles. The molecule has 1 aliphatic rings. The highest BCUT2D eigenvalue weighted by Crippen LogP contribution is 2.20. The fourth-order valence-corrected chi connectivity index (χ4v) is 3.03. The lowest BCUT2D eigenvalue weighted by atomic mass is 9.97. The minimum atomic E-state index is -0.467. The average Bonchev–Trinajstić information content (AvgIpc) is 2.67. The van der Waals surface area contributed by atoms with Crippen molar-refractivity contribution in [1.82, 2.24) is 10.2 Å². The van der Waals surface area contributed by atoms with Crippen molar-refractivity contribution in [3.05, 3.63) is 29.8 Å². The van der Waals surface area contributed by atoms with Gasteiger partial charge in [-0.25, -0.2) is 0 Å². The minimum Gasteiger partial charge on any atom is -0.494 e. The van der Waals surface area contributed by atoms with Crippen molar-refractivity contribution in [2.45, 2.75) is 32.7 Å². The van der Waals surface area contributed by atoms with Gasteiger partial charge in [-0.15, -0.1) is 0 Å². The molecule has 2 rings (SSSR count). The van der Waals surface area contributed by atoms with Crippen molar-refractivity contribution in [2.24, 2.45) is 5.92 Å². The number of benzene rings is 1. The molecule has 7 heteroatoms. The lowest BCUT2D eigenvalue weighted by molar-refractivity contribution is -0.146. The van der Waals surface area contributed by atoms with Crippen molar-refractivity contribution in [1.29, 1.82) is 0 Å². The number of aliphatic hydroxyl groups excluding tert-OH is 1. The van der Waals surface area contributed by atoms with Crippen molar-refractivity contribution < 1.29 is 24.2 Å². The Hall–Kier alpha value is -2.12. The summed E-state index contributed by atoms with van der Waals surface area (Å²) in [6.07, 6.45) is 2.77. The van der Waals surface area contributed by atoms with Gasteiger partial charge in [0.15, 0.2) is 6.61 Å². The van der Waals surface area contributed by atoms with E-state index in [9.17, 15) is 14.7 Å². The molecular formula is C20H30N2O5. The van der Waals surface area contributed by atoms with E-state index < -0.39 is 5.97 Å². The van der Waals surface area contributed by atoms with Gasteiger partial charge in [0, 0.05) is 26.6 Å². The van der Waals surface area contributed by atoms with E-state index in [0.29, 0.717) is 32.1 Å². The number of likely N-dealkylation sites (tertiary alicyclic amines) is 1. The molecule has 0 radical (unpaired) electrons. The largest absolute Gasteiger partial charge is 0.494 e. The Morgan fingerprint density at radius 3 is 2.78 bits per heavy atom. The maximum absolute atomic E-state index is 11.4. The quantitative estimate of drug-likeness (QED) is 0.472. The Morgan fingerprint density at radius 2 is 2.07 bits per heavy atom. The van der Waals surface area contributed by atoms with E-state index in [-0.39, 0.29) is 12.5 Å². The van der Waals surface area contributed by atoms with Gasteiger partial charge in [-0.3, -0.25) is 14.5 Å². The molecule has 2 N–H and O–H groups in total. The van der Waals surface area contributed by atoms with E-state index in [2.05, 4.69) is 27.1 Å². The van der Waals surface area contributed by atoms with Crippen LogP contribution in [-0.4, -0.2) is 61.3 Å². The van der Waals surface area contributed by atoms with Crippen LogP contribution in [-0.2, 0) is 20.9 Å². The first kappa shape index (κ1) is 21.2. The molecule has 1 aromatic rings. The number of carbonyl (C=O) groups is 2. The van der Waals surface area contributed by atoms with Crippen LogP contribution in [0.15, 0.2) is 24.3 Å². The standard InChI is InChI=1S/C20H30N2O5/c1-16(24)27-15-20(25)21-8-3-11-26-19-5-2-4-18(12-19)13-22-9-6-17(14-23)7-10-22/h2,4-5,12,17,23H,3,6-11,13-15H2,1H3,(H,21,25). The van der Waals surface area contributed by atoms with Crippen LogP contribution in [0.5, 0.6) is 5.75 Å². The summed E-state index contributed by atoms with van der Waals surface area (Å²) in [6.45, 7) is 5.22. The topological polar surface area (TPSA) is 88.1 Å². The fourth-order valence-electron chi connectivity index (χ4n) is 3.03. The Morgan fingerprint density at radius 1 is 1.30 bits per heavy atom. The summed E-state index contributed by atoms with van der Waals surface area (Å²) in [5.74, 6) is 0.498. The highest BCUT2D eigenvalue weighted by Gasteiger charge is 2.18. The number of piperidine rings is 1. The molecule has 0 atom stereocenters. The molecule has 1 fully saturated rings. The number of rotatable bonds is 10. The van der Waals surface area contributed by atoms with Gasteiger partial charge < -0.3 is 19.9 Å². The molecule has 1 aromatic carbocycles. The highest BCUT2D eigenvalue weighted by atomic mass is 16.5. The number of esters is 1. The van der Waals surface area contributed by atoms with E-state index in [0.717, 1.165) is 38.2 Å². The summed E-state index contributed by atoms with van der Waals surface area (Å²) >= 11 is 0. The number of amides is 1. The molecule has 0 spiro atoms. The second-order valence-corrected chi connectivity index (χ2v) is 6.88. The molecule has 0 unspecified atom stereocenters. The van der Waals surface area contributed by atoms with Gasteiger partial charge in [0.2, 0.25) is 0 Å². The number of aliphatic hydroxyl groups is 1. The molecule has 7 nitrogen and oxygen atoms in total. The van der Waals surface area contributed by atoms with Gasteiger partial charge in [-0.05, 0) is 56.0 Å². The zero-order valence-electron chi connectivity index (χ0n) is 16.0. The maximum atomic E-state index is 11.4. The van der Waals surface area contributed by atoms with Crippen molar-refractivity contribution >= 4 is 11.9 Å². The summed E-state index contributed by atoms with van der Waals surface area (Å²) in [5, 5.41) is 11.9. The van der Waals surface area contributed by atoms with Crippen LogP contribution in [0.1, 0.15) is 31.7 Å². The van der Waals surface area contributed by atoms with Crippen LogP contribution >= 0.6 is 0 Å². The van der Waals surface area contributed by atoms with Gasteiger partial charge in [-0.2, -0.15) is 0 Å². The van der Waals surface area contributed by atoms with E-state index >= 15 is 0 Å². The predicted molar refractivity (Wildman–Crippen MR) is 101 cm³/mol. The number of hydrogen-bond donors (Lipinski definition) is 2. The van der Waals surface area contributed by atoms with Crippen molar-refractivity contribution in [3.63, 3.8) is 0 Å². The Bertz CT molecular complexity index is 600. The Labute approximate surface area is 160 Å². The highest BCUT2D eigenvalue weighted by molar-refractivity contribution is 5.79. The van der Waals surface area contributed by atoms with E-state index in [1.807, 2.05) is 12.1 Å². The predicted octanol–water partition coefficient (Wildman–Crippen LogP) is 1.34. The SMILES string of the molecule is CC(=O)OCC(=O)NCCCOc1cccc(CN2CCC(CO)CC2)c1. The second kappa shape index (κ2) is 11.6. The first-order valence-corrected chi connectivity index (χ1v) is 9.52. The third-order valence-electron chi connectivity index (χ3n) is 4.59. The van der Waals surface area contributed by atoms with Gasteiger partial charge in [-0.1, -0.05) is 12.1 Å². The molecule has 1 heterocycles. The first-order chi connectivity index (χ1) is 13.1. The molecule has 27 heavy (non-hydrogen) atoms. The van der Waals surface area contributed by atoms with Crippen LogP contribution in [0.2, 0.25) is 0 Å². The number of hydrogen-bond acceptors (Lipinski definition) is 6. The summed E-state index contributed by atoms with van der Waals surface area (Å²) in [4.78, 5) is 24.4. The lowest BCUT2D eigenvalue weighted by Crippen LogP contribution is -2.34. The minimum absolute atomic E-state index is 0.242. The smallest absolute Gasteiger partial charge is 0.303 e. The summed E-state index contributed by atoms with van der Waals surface area (Å²) in [5.41, 5.74) is 1.21. The van der Waals surface area contributed by atoms with Crippen molar-refractivity contribution in [2.75, 3.05) is 39.5 Å². The van der Waals surface area contributed by atoms with Crippen LogP contribution in [0.25, 0.3) is 0 Å². The van der Waals surface area contributed by atoms with Crippen LogP contribution in [0, 0.1) is 5.92 Å². The molecule has 0 saturated carbocycles. The molecule has 0 bridgehead atoms. The number of nitrogens with zero attached hydrogens (tertiary/aromatic N) is 1. The van der Waals surface area contributed by atoms with E-state index in [1.54, 1.807) is 0 Å². The molecular weight excluding hydrogens is 348 g/mol. The van der Waals surface area contributed by atoms with Gasteiger partial charge >= 0.3 is 5.97 Å². The zero-order chi connectivity index (χ0) is 19.5. The molecule has 1 saturated heterocycles. The lowest BCUT2D eigenvalue weighted by Gasteiger charge is -2.31. The van der Waals surface area contributed by atoms with Crippen LogP contribution < -0.4 is 10.1 Å². The Kier molecular flexibility index (Phi) is 9.07. The fraction of sp³-hybridized carbons (Fsp3) is 0.600. The monoisotopic (exact) mass is 378 g/mol. The number of nitrogens with one attached hydrogen (secondary N) is 1. The average molecular weight is 378 g/mol. The molecule has 150 valence electrons. The summed E-state index contributed by atoms with van der Waals surface area (Å²) < 4.78 is 10.4. The normalized spacial score (nSPS) is 15.3. The molecule has 0 aliphatic carbocycles. The van der Waals surface area contributed by atoms with E-state index in [4.69, 9.17) is 4.74 Å². The third kappa shape index (κ3) is 8.41. The number of carbonyl (C=O) groups excluding carboxylic acids is 2.